The molecule has 2 rings (SSSR count). The van der Waals surface area contributed by atoms with Crippen LogP contribution in [0.5, 0.6) is 0 Å². The molecule has 112 valence electrons. The molecule has 2 aromatic rings. The lowest BCUT2D eigenvalue weighted by molar-refractivity contribution is -0.933. The molecule has 0 amide bonds. The first-order valence-corrected chi connectivity index (χ1v) is 7.79. The SMILES string of the molecule is O=[N+]([O-])c1cc(CS(O)(O)c2cccc[n+]2O)ccc1Cl. The van der Waals surface area contributed by atoms with Crippen LogP contribution in [0.15, 0.2) is 47.6 Å². The van der Waals surface area contributed by atoms with Gasteiger partial charge in [0.25, 0.3) is 5.69 Å². The summed E-state index contributed by atoms with van der Waals surface area (Å²) >= 11 is 5.70. The number of rotatable bonds is 4. The van der Waals surface area contributed by atoms with Gasteiger partial charge >= 0.3 is 5.03 Å². The Bertz CT molecular complexity index is 695. The summed E-state index contributed by atoms with van der Waals surface area (Å²) in [5.41, 5.74) is 0.0178. The van der Waals surface area contributed by atoms with Gasteiger partial charge in [0.1, 0.15) is 5.02 Å². The second-order valence-electron chi connectivity index (χ2n) is 4.24. The first-order chi connectivity index (χ1) is 9.81. The standard InChI is InChI=1S/C12H11ClN2O5S/c13-10-5-4-9(7-11(10)15(17)18)8-21(19,20)12-3-1-2-6-14(12)16/h1-7H,8H2,(H2-,16,19,20)/p+1. The number of benzene rings is 1. The fraction of sp³-hybridized carbons (Fsp3) is 0.0833. The Hall–Kier alpha value is -1.87. The van der Waals surface area contributed by atoms with Crippen molar-refractivity contribution in [2.75, 3.05) is 0 Å². The highest BCUT2D eigenvalue weighted by molar-refractivity contribution is 8.23. The van der Waals surface area contributed by atoms with Gasteiger partial charge in [0, 0.05) is 22.9 Å². The zero-order chi connectivity index (χ0) is 15.6. The van der Waals surface area contributed by atoms with E-state index in [-0.39, 0.29) is 21.5 Å². The van der Waals surface area contributed by atoms with E-state index < -0.39 is 15.5 Å². The minimum Gasteiger partial charge on any atom is -0.290 e. The van der Waals surface area contributed by atoms with Crippen molar-refractivity contribution in [2.45, 2.75) is 10.8 Å². The molecule has 0 saturated heterocycles. The van der Waals surface area contributed by atoms with Gasteiger partial charge in [-0.15, -0.1) is 10.6 Å². The number of hydrogen-bond acceptors (Lipinski definition) is 5. The Morgan fingerprint density at radius 1 is 1.29 bits per heavy atom. The molecule has 7 nitrogen and oxygen atoms in total. The quantitative estimate of drug-likeness (QED) is 0.345. The van der Waals surface area contributed by atoms with Crippen LogP contribution >= 0.6 is 22.2 Å². The van der Waals surface area contributed by atoms with Crippen LogP contribution in [-0.2, 0) is 5.75 Å². The zero-order valence-electron chi connectivity index (χ0n) is 10.6. The monoisotopic (exact) mass is 331 g/mol. The normalized spacial score (nSPS) is 12.1. The number of halogens is 1. The van der Waals surface area contributed by atoms with E-state index in [1.165, 1.54) is 36.5 Å². The molecule has 21 heavy (non-hydrogen) atoms. The van der Waals surface area contributed by atoms with Crippen molar-refractivity contribution in [1.82, 2.24) is 0 Å². The van der Waals surface area contributed by atoms with E-state index in [1.807, 2.05) is 0 Å². The van der Waals surface area contributed by atoms with Crippen LogP contribution in [-0.4, -0.2) is 19.2 Å². The summed E-state index contributed by atoms with van der Waals surface area (Å²) in [6.45, 7) is 0. The molecule has 0 bridgehead atoms. The molecule has 0 aliphatic heterocycles. The van der Waals surface area contributed by atoms with Crippen molar-refractivity contribution in [3.8, 4) is 0 Å². The number of nitro groups is 1. The number of pyridine rings is 1. The van der Waals surface area contributed by atoms with Crippen LogP contribution in [0, 0.1) is 10.1 Å². The van der Waals surface area contributed by atoms with Gasteiger partial charge in [0.15, 0.2) is 0 Å². The zero-order valence-corrected chi connectivity index (χ0v) is 12.2. The number of nitrogens with zero attached hydrogens (tertiary/aromatic N) is 2. The third-order valence-corrected chi connectivity index (χ3v) is 4.76. The summed E-state index contributed by atoms with van der Waals surface area (Å²) in [6.07, 6.45) is 1.26. The van der Waals surface area contributed by atoms with E-state index in [1.54, 1.807) is 6.07 Å². The summed E-state index contributed by atoms with van der Waals surface area (Å²) in [5, 5.41) is 20.3. The van der Waals surface area contributed by atoms with E-state index >= 15 is 0 Å². The van der Waals surface area contributed by atoms with Gasteiger partial charge in [-0.2, -0.15) is 0 Å². The lowest BCUT2D eigenvalue weighted by atomic mass is 10.2. The highest BCUT2D eigenvalue weighted by Crippen LogP contribution is 2.49. The van der Waals surface area contributed by atoms with Crippen molar-refractivity contribution in [3.63, 3.8) is 0 Å². The number of nitro benzene ring substituents is 1. The smallest absolute Gasteiger partial charge is 0.290 e. The van der Waals surface area contributed by atoms with Crippen LogP contribution in [0.4, 0.5) is 5.69 Å². The minimum absolute atomic E-state index is 0.0304. The average molecular weight is 332 g/mol. The Morgan fingerprint density at radius 2 is 2.00 bits per heavy atom. The van der Waals surface area contributed by atoms with Gasteiger partial charge in [0.05, 0.1) is 10.7 Å². The van der Waals surface area contributed by atoms with Crippen LogP contribution in [0.3, 0.4) is 0 Å². The molecule has 0 aliphatic carbocycles. The lowest BCUT2D eigenvalue weighted by Gasteiger charge is -2.27. The molecule has 0 radical (unpaired) electrons. The Morgan fingerprint density at radius 3 is 2.62 bits per heavy atom. The second kappa shape index (κ2) is 5.86. The molecule has 0 spiro atoms. The van der Waals surface area contributed by atoms with Crippen LogP contribution < -0.4 is 4.73 Å². The number of aromatic nitrogens is 1. The molecular formula is C12H12ClN2O5S+. The maximum Gasteiger partial charge on any atom is 0.344 e. The summed E-state index contributed by atoms with van der Waals surface area (Å²) in [6, 6.07) is 8.39. The molecule has 3 N–H and O–H groups in total. The predicted molar refractivity (Wildman–Crippen MR) is 76.7 cm³/mol. The highest BCUT2D eigenvalue weighted by atomic mass is 35.5. The predicted octanol–water partition coefficient (Wildman–Crippen LogP) is 3.08. The lowest BCUT2D eigenvalue weighted by Crippen LogP contribution is -2.35. The Balaban J connectivity index is 2.35. The molecule has 0 aliphatic rings. The summed E-state index contributed by atoms with van der Waals surface area (Å²) < 4.78 is 21.0. The number of hydrogen-bond donors (Lipinski definition) is 3. The van der Waals surface area contributed by atoms with Gasteiger partial charge in [-0.1, -0.05) is 17.7 Å². The highest BCUT2D eigenvalue weighted by Gasteiger charge is 2.28. The maximum absolute atomic E-state index is 10.8. The van der Waals surface area contributed by atoms with Crippen LogP contribution in [0.1, 0.15) is 5.56 Å². The molecule has 0 fully saturated rings. The summed E-state index contributed by atoms with van der Waals surface area (Å²) in [4.78, 5) is 10.2. The summed E-state index contributed by atoms with van der Waals surface area (Å²) in [7, 11) is -3.35. The third kappa shape index (κ3) is 3.42. The first kappa shape index (κ1) is 15.5. The largest absolute Gasteiger partial charge is 0.344 e. The molecule has 9 heteroatoms. The molecule has 1 heterocycles. The van der Waals surface area contributed by atoms with Crippen molar-refractivity contribution >= 4 is 27.9 Å². The molecule has 0 atom stereocenters. The summed E-state index contributed by atoms with van der Waals surface area (Å²) in [5.74, 6) is -0.268. The average Bonchev–Trinajstić information content (AvgIpc) is 2.40. The third-order valence-electron chi connectivity index (χ3n) is 2.71. The van der Waals surface area contributed by atoms with Gasteiger partial charge in [-0.3, -0.25) is 24.4 Å². The Kier molecular flexibility index (Phi) is 4.33. The van der Waals surface area contributed by atoms with Crippen LogP contribution in [0.2, 0.25) is 5.02 Å². The maximum atomic E-state index is 10.8. The van der Waals surface area contributed by atoms with Crippen molar-refractivity contribution in [1.29, 1.82) is 0 Å². The van der Waals surface area contributed by atoms with E-state index in [0.717, 1.165) is 0 Å². The van der Waals surface area contributed by atoms with Gasteiger partial charge in [0.2, 0.25) is 6.20 Å². The van der Waals surface area contributed by atoms with Gasteiger partial charge in [-0.05, 0) is 17.7 Å². The second-order valence-corrected chi connectivity index (χ2v) is 6.69. The van der Waals surface area contributed by atoms with Crippen LogP contribution in [0.25, 0.3) is 0 Å². The van der Waals surface area contributed by atoms with E-state index in [9.17, 15) is 24.4 Å². The minimum atomic E-state index is -3.35. The van der Waals surface area contributed by atoms with Crippen molar-refractivity contribution in [3.05, 3.63) is 63.3 Å². The topological polar surface area (TPSA) is 108 Å². The van der Waals surface area contributed by atoms with Crippen molar-refractivity contribution < 1.29 is 24.0 Å². The molecule has 1 aromatic heterocycles. The van der Waals surface area contributed by atoms with E-state index in [4.69, 9.17) is 11.6 Å². The van der Waals surface area contributed by atoms with Gasteiger partial charge in [-0.25, -0.2) is 0 Å². The fourth-order valence-corrected chi connectivity index (χ4v) is 3.41. The van der Waals surface area contributed by atoms with Crippen molar-refractivity contribution in [2.24, 2.45) is 0 Å². The molecule has 1 aromatic carbocycles. The molecule has 0 saturated carbocycles. The molecule has 0 unspecified atom stereocenters. The van der Waals surface area contributed by atoms with Gasteiger partial charge < -0.3 is 0 Å². The van der Waals surface area contributed by atoms with E-state index in [0.29, 0.717) is 10.3 Å². The Labute approximate surface area is 126 Å². The molecular weight excluding hydrogens is 320 g/mol. The first-order valence-electron chi connectivity index (χ1n) is 5.70. The van der Waals surface area contributed by atoms with E-state index in [2.05, 4.69) is 0 Å². The fourth-order valence-electron chi connectivity index (χ4n) is 1.77.